The van der Waals surface area contributed by atoms with E-state index in [-0.39, 0.29) is 23.7 Å². The van der Waals surface area contributed by atoms with Crippen molar-refractivity contribution in [1.29, 1.82) is 0 Å². The van der Waals surface area contributed by atoms with Gasteiger partial charge in [-0.1, -0.05) is 13.8 Å². The quantitative estimate of drug-likeness (QED) is 0.722. The van der Waals surface area contributed by atoms with Crippen LogP contribution in [0.3, 0.4) is 0 Å². The molecule has 1 amide bonds. The molecule has 2 N–H and O–H groups in total. The average molecular weight is 343 g/mol. The fourth-order valence-corrected chi connectivity index (χ4v) is 2.83. The number of aromatic amines is 1. The second-order valence-electron chi connectivity index (χ2n) is 6.41. The number of nitrogens with one attached hydrogen (secondary N) is 2. The number of fused-ring (bicyclic) bond motifs is 1. The van der Waals surface area contributed by atoms with Gasteiger partial charge in [0.1, 0.15) is 23.5 Å². The van der Waals surface area contributed by atoms with Crippen LogP contribution in [0.2, 0.25) is 0 Å². The number of halogens is 1. The zero-order chi connectivity index (χ0) is 18.0. The van der Waals surface area contributed by atoms with Crippen molar-refractivity contribution >= 4 is 16.9 Å². The first-order valence-electron chi connectivity index (χ1n) is 8.40. The Labute approximate surface area is 145 Å². The molecule has 0 bridgehead atoms. The molecule has 3 rings (SSSR count). The molecule has 1 atom stereocenters. The van der Waals surface area contributed by atoms with E-state index in [1.54, 1.807) is 12.3 Å². The van der Waals surface area contributed by atoms with Crippen molar-refractivity contribution in [3.63, 3.8) is 0 Å². The number of amides is 1. The summed E-state index contributed by atoms with van der Waals surface area (Å²) < 4.78 is 15.1. The van der Waals surface area contributed by atoms with Gasteiger partial charge in [-0.25, -0.2) is 14.4 Å². The van der Waals surface area contributed by atoms with Crippen LogP contribution in [0, 0.1) is 5.82 Å². The molecule has 0 saturated heterocycles. The van der Waals surface area contributed by atoms with E-state index >= 15 is 0 Å². The molecule has 6 nitrogen and oxygen atoms in total. The van der Waals surface area contributed by atoms with Crippen molar-refractivity contribution < 1.29 is 9.18 Å². The van der Waals surface area contributed by atoms with Crippen LogP contribution >= 0.6 is 0 Å². The highest BCUT2D eigenvalue weighted by Gasteiger charge is 2.18. The summed E-state index contributed by atoms with van der Waals surface area (Å²) in [7, 11) is 0. The van der Waals surface area contributed by atoms with Gasteiger partial charge in [-0.2, -0.15) is 0 Å². The molecule has 0 aliphatic carbocycles. The van der Waals surface area contributed by atoms with Gasteiger partial charge in [0.25, 0.3) is 0 Å². The largest absolute Gasteiger partial charge is 0.354 e. The molecule has 0 fully saturated rings. The highest BCUT2D eigenvalue weighted by atomic mass is 19.1. The Balaban J connectivity index is 1.59. The topological polar surface area (TPSA) is 75.6 Å². The maximum absolute atomic E-state index is 13.2. The third-order valence-electron chi connectivity index (χ3n) is 4.17. The van der Waals surface area contributed by atoms with E-state index < -0.39 is 0 Å². The number of imidazole rings is 2. The van der Waals surface area contributed by atoms with Gasteiger partial charge in [-0.05, 0) is 25.1 Å². The fraction of sp³-hybridized carbons (Fsp3) is 0.389. The number of carbonyl (C=O) groups is 1. The highest BCUT2D eigenvalue weighted by molar-refractivity contribution is 5.80. The number of hydrogen-bond donors (Lipinski definition) is 2. The van der Waals surface area contributed by atoms with Gasteiger partial charge in [0.2, 0.25) is 5.91 Å². The molecule has 132 valence electrons. The van der Waals surface area contributed by atoms with Gasteiger partial charge in [-0.3, -0.25) is 4.79 Å². The maximum atomic E-state index is 13.2. The summed E-state index contributed by atoms with van der Waals surface area (Å²) in [6, 6.07) is 4.11. The molecule has 0 unspecified atom stereocenters. The summed E-state index contributed by atoms with van der Waals surface area (Å²) in [4.78, 5) is 24.2. The van der Waals surface area contributed by atoms with Crippen molar-refractivity contribution in [2.24, 2.45) is 0 Å². The lowest BCUT2D eigenvalue weighted by Gasteiger charge is -2.17. The van der Waals surface area contributed by atoms with Crippen LogP contribution in [0.25, 0.3) is 11.0 Å². The van der Waals surface area contributed by atoms with Gasteiger partial charge in [0, 0.05) is 31.3 Å². The van der Waals surface area contributed by atoms with E-state index in [1.807, 2.05) is 31.5 Å². The normalized spacial score (nSPS) is 12.7. The number of H-pyrrole nitrogens is 1. The van der Waals surface area contributed by atoms with Crippen LogP contribution in [-0.4, -0.2) is 32.0 Å². The molecule has 3 aromatic rings. The molecule has 0 aliphatic heterocycles. The minimum atomic E-state index is -0.329. The second kappa shape index (κ2) is 7.04. The Bertz CT molecular complexity index is 883. The summed E-state index contributed by atoms with van der Waals surface area (Å²) in [6.45, 7) is 6.41. The zero-order valence-corrected chi connectivity index (χ0v) is 14.6. The SMILES string of the molecule is CC(C)c1nccn1[C@@H](C)C(=O)NCCc1nc2ccc(F)cc2[nH]1. The predicted molar refractivity (Wildman–Crippen MR) is 93.8 cm³/mol. The number of aromatic nitrogens is 4. The summed E-state index contributed by atoms with van der Waals surface area (Å²) in [5.41, 5.74) is 1.38. The van der Waals surface area contributed by atoms with E-state index in [1.165, 1.54) is 12.1 Å². The molecule has 0 spiro atoms. The van der Waals surface area contributed by atoms with Crippen LogP contribution < -0.4 is 5.32 Å². The first kappa shape index (κ1) is 17.1. The summed E-state index contributed by atoms with van der Waals surface area (Å²) in [5, 5.41) is 2.92. The standard InChI is InChI=1S/C18H22FN5O/c1-11(2)17-20-8-9-24(17)12(3)18(25)21-7-6-16-22-14-5-4-13(19)10-15(14)23-16/h4-5,8-12H,6-7H2,1-3H3,(H,21,25)(H,22,23)/t12-/m0/s1. The lowest BCUT2D eigenvalue weighted by atomic mass is 10.2. The predicted octanol–water partition coefficient (Wildman–Crippen LogP) is 2.94. The minimum absolute atomic E-state index is 0.0675. The third kappa shape index (κ3) is 3.70. The molecular weight excluding hydrogens is 321 g/mol. The lowest BCUT2D eigenvalue weighted by molar-refractivity contribution is -0.123. The second-order valence-corrected chi connectivity index (χ2v) is 6.41. The van der Waals surface area contributed by atoms with Crippen molar-refractivity contribution in [1.82, 2.24) is 24.8 Å². The monoisotopic (exact) mass is 343 g/mol. The van der Waals surface area contributed by atoms with E-state index in [9.17, 15) is 9.18 Å². The molecular formula is C18H22FN5O. The van der Waals surface area contributed by atoms with E-state index in [0.29, 0.717) is 18.5 Å². The van der Waals surface area contributed by atoms with Gasteiger partial charge in [0.05, 0.1) is 11.0 Å². The maximum Gasteiger partial charge on any atom is 0.242 e. The summed E-state index contributed by atoms with van der Waals surface area (Å²) >= 11 is 0. The Kier molecular flexibility index (Phi) is 4.83. The van der Waals surface area contributed by atoms with Crippen molar-refractivity contribution in [3.05, 3.63) is 48.1 Å². The van der Waals surface area contributed by atoms with Crippen LogP contribution in [0.1, 0.15) is 44.4 Å². The molecule has 2 aromatic heterocycles. The lowest BCUT2D eigenvalue weighted by Crippen LogP contribution is -2.33. The zero-order valence-electron chi connectivity index (χ0n) is 14.6. The average Bonchev–Trinajstić information content (AvgIpc) is 3.19. The van der Waals surface area contributed by atoms with Gasteiger partial charge in [0.15, 0.2) is 0 Å². The van der Waals surface area contributed by atoms with Crippen LogP contribution in [0.15, 0.2) is 30.6 Å². The Morgan fingerprint density at radius 2 is 2.16 bits per heavy atom. The number of nitrogens with zero attached hydrogens (tertiary/aromatic N) is 3. The molecule has 0 radical (unpaired) electrons. The number of rotatable bonds is 6. The van der Waals surface area contributed by atoms with Crippen LogP contribution in [0.4, 0.5) is 4.39 Å². The summed E-state index contributed by atoms with van der Waals surface area (Å²) in [6.07, 6.45) is 4.09. The van der Waals surface area contributed by atoms with E-state index in [0.717, 1.165) is 17.2 Å². The molecule has 0 aliphatic rings. The molecule has 1 aromatic carbocycles. The third-order valence-corrected chi connectivity index (χ3v) is 4.17. The molecule has 2 heterocycles. The van der Waals surface area contributed by atoms with Crippen LogP contribution in [0.5, 0.6) is 0 Å². The van der Waals surface area contributed by atoms with E-state index in [4.69, 9.17) is 0 Å². The smallest absolute Gasteiger partial charge is 0.242 e. The van der Waals surface area contributed by atoms with Crippen molar-refractivity contribution in [2.45, 2.75) is 39.2 Å². The number of benzene rings is 1. The minimum Gasteiger partial charge on any atom is -0.354 e. The fourth-order valence-electron chi connectivity index (χ4n) is 2.83. The Morgan fingerprint density at radius 1 is 1.36 bits per heavy atom. The first-order valence-corrected chi connectivity index (χ1v) is 8.40. The Hall–Kier alpha value is -2.70. The number of carbonyl (C=O) groups excluding carboxylic acids is 1. The van der Waals surface area contributed by atoms with Gasteiger partial charge in [-0.15, -0.1) is 0 Å². The molecule has 25 heavy (non-hydrogen) atoms. The molecule has 7 heteroatoms. The van der Waals surface area contributed by atoms with Gasteiger partial charge < -0.3 is 14.9 Å². The van der Waals surface area contributed by atoms with Gasteiger partial charge >= 0.3 is 0 Å². The van der Waals surface area contributed by atoms with E-state index in [2.05, 4.69) is 20.3 Å². The molecule has 0 saturated carbocycles. The van der Waals surface area contributed by atoms with Crippen molar-refractivity contribution in [3.8, 4) is 0 Å². The highest BCUT2D eigenvalue weighted by Crippen LogP contribution is 2.17. The van der Waals surface area contributed by atoms with Crippen molar-refractivity contribution in [2.75, 3.05) is 6.54 Å². The first-order chi connectivity index (χ1) is 12.0. The summed E-state index contributed by atoms with van der Waals surface area (Å²) in [5.74, 6) is 1.50. The number of hydrogen-bond acceptors (Lipinski definition) is 3. The Morgan fingerprint density at radius 3 is 2.92 bits per heavy atom. The van der Waals surface area contributed by atoms with Crippen LogP contribution in [-0.2, 0) is 11.2 Å².